The van der Waals surface area contributed by atoms with Crippen LogP contribution in [0.1, 0.15) is 29.9 Å². The number of amides is 1. The quantitative estimate of drug-likeness (QED) is 0.851. The number of nitrogens with zero attached hydrogens (tertiary/aromatic N) is 3. The van der Waals surface area contributed by atoms with Gasteiger partial charge in [0.25, 0.3) is 5.91 Å². The molecule has 0 aliphatic heterocycles. The van der Waals surface area contributed by atoms with Crippen LogP contribution in [-0.4, -0.2) is 33.1 Å². The van der Waals surface area contributed by atoms with Gasteiger partial charge >= 0.3 is 0 Å². The van der Waals surface area contributed by atoms with Crippen molar-refractivity contribution in [2.75, 3.05) is 6.61 Å². The lowest BCUT2D eigenvalue weighted by Crippen LogP contribution is -2.31. The third-order valence-corrected chi connectivity index (χ3v) is 3.04. The van der Waals surface area contributed by atoms with Gasteiger partial charge in [0.15, 0.2) is 12.4 Å². The molecule has 2 aromatic rings. The minimum atomic E-state index is -0.316. The number of rotatable bonds is 5. The number of aromatic nitrogens is 4. The standard InChI is InChI=1S/C13H17N5O2/c1-8-5-4-6-11(9(8)2)20-7-12(19)14-10(3)13-15-17-18-16-13/h4-6,10H,7H2,1-3H3,(H,14,19)(H,15,16,17,18). The molecule has 1 aromatic carbocycles. The number of tetrazole rings is 1. The number of hydrogen-bond acceptors (Lipinski definition) is 5. The predicted octanol–water partition coefficient (Wildman–Crippen LogP) is 1.07. The number of aromatic amines is 1. The average molecular weight is 275 g/mol. The van der Waals surface area contributed by atoms with Crippen molar-refractivity contribution < 1.29 is 9.53 Å². The molecule has 0 aliphatic carbocycles. The van der Waals surface area contributed by atoms with Crippen LogP contribution in [0, 0.1) is 13.8 Å². The third-order valence-electron chi connectivity index (χ3n) is 3.04. The first-order chi connectivity index (χ1) is 9.58. The van der Waals surface area contributed by atoms with Crippen LogP contribution in [0.4, 0.5) is 0 Å². The largest absolute Gasteiger partial charge is 0.483 e. The molecule has 0 spiro atoms. The van der Waals surface area contributed by atoms with E-state index in [4.69, 9.17) is 4.74 Å². The molecule has 2 N–H and O–H groups in total. The second kappa shape index (κ2) is 6.14. The van der Waals surface area contributed by atoms with Gasteiger partial charge in [0.2, 0.25) is 0 Å². The van der Waals surface area contributed by atoms with E-state index in [1.54, 1.807) is 6.92 Å². The molecular weight excluding hydrogens is 258 g/mol. The van der Waals surface area contributed by atoms with Crippen molar-refractivity contribution in [3.05, 3.63) is 35.2 Å². The molecule has 0 aliphatic rings. The molecule has 0 bridgehead atoms. The Bertz CT molecular complexity index is 582. The lowest BCUT2D eigenvalue weighted by molar-refractivity contribution is -0.123. The lowest BCUT2D eigenvalue weighted by Gasteiger charge is -2.13. The van der Waals surface area contributed by atoms with Gasteiger partial charge in [-0.25, -0.2) is 0 Å². The Morgan fingerprint density at radius 3 is 2.95 bits per heavy atom. The van der Waals surface area contributed by atoms with Gasteiger partial charge in [0.1, 0.15) is 5.75 Å². The minimum absolute atomic E-state index is 0.0491. The summed E-state index contributed by atoms with van der Waals surface area (Å²) in [5, 5.41) is 16.1. The summed E-state index contributed by atoms with van der Waals surface area (Å²) in [5.41, 5.74) is 2.16. The van der Waals surface area contributed by atoms with Crippen LogP contribution in [0.5, 0.6) is 5.75 Å². The van der Waals surface area contributed by atoms with Crippen molar-refractivity contribution in [2.45, 2.75) is 26.8 Å². The van der Waals surface area contributed by atoms with Crippen molar-refractivity contribution >= 4 is 5.91 Å². The maximum atomic E-state index is 11.8. The van der Waals surface area contributed by atoms with Crippen molar-refractivity contribution in [1.82, 2.24) is 25.9 Å². The summed E-state index contributed by atoms with van der Waals surface area (Å²) >= 11 is 0. The topological polar surface area (TPSA) is 92.8 Å². The lowest BCUT2D eigenvalue weighted by atomic mass is 10.1. The summed E-state index contributed by atoms with van der Waals surface area (Å²) in [7, 11) is 0. The summed E-state index contributed by atoms with van der Waals surface area (Å²) in [6.45, 7) is 5.69. The molecule has 1 atom stereocenters. The van der Waals surface area contributed by atoms with E-state index in [2.05, 4.69) is 25.9 Å². The average Bonchev–Trinajstić information content (AvgIpc) is 2.94. The highest BCUT2D eigenvalue weighted by Crippen LogP contribution is 2.20. The van der Waals surface area contributed by atoms with Crippen molar-refractivity contribution in [2.24, 2.45) is 0 Å². The van der Waals surface area contributed by atoms with Gasteiger partial charge in [-0.05, 0) is 38.0 Å². The van der Waals surface area contributed by atoms with Gasteiger partial charge in [-0.1, -0.05) is 17.3 Å². The highest BCUT2D eigenvalue weighted by molar-refractivity contribution is 5.77. The SMILES string of the molecule is Cc1cccc(OCC(=O)NC(C)c2nn[nH]n2)c1C. The Hall–Kier alpha value is -2.44. The third kappa shape index (κ3) is 3.31. The molecule has 0 saturated heterocycles. The molecular formula is C13H17N5O2. The normalized spacial score (nSPS) is 11.9. The van der Waals surface area contributed by atoms with Gasteiger partial charge in [-0.2, -0.15) is 5.21 Å². The second-order valence-electron chi connectivity index (χ2n) is 4.55. The Morgan fingerprint density at radius 2 is 2.25 bits per heavy atom. The van der Waals surface area contributed by atoms with Crippen LogP contribution < -0.4 is 10.1 Å². The van der Waals surface area contributed by atoms with Crippen LogP contribution in [0.3, 0.4) is 0 Å². The fourth-order valence-corrected chi connectivity index (χ4v) is 1.72. The Morgan fingerprint density at radius 1 is 1.45 bits per heavy atom. The van der Waals surface area contributed by atoms with E-state index >= 15 is 0 Å². The minimum Gasteiger partial charge on any atom is -0.483 e. The first-order valence-electron chi connectivity index (χ1n) is 6.29. The zero-order chi connectivity index (χ0) is 14.5. The van der Waals surface area contributed by atoms with Crippen molar-refractivity contribution in [3.8, 4) is 5.75 Å². The maximum absolute atomic E-state index is 11.8. The second-order valence-corrected chi connectivity index (χ2v) is 4.55. The molecule has 106 valence electrons. The number of H-pyrrole nitrogens is 1. The number of hydrogen-bond donors (Lipinski definition) is 2. The van der Waals surface area contributed by atoms with Gasteiger partial charge in [0.05, 0.1) is 6.04 Å². The first-order valence-corrected chi connectivity index (χ1v) is 6.29. The summed E-state index contributed by atoms with van der Waals surface area (Å²) in [6.07, 6.45) is 0. The van der Waals surface area contributed by atoms with Gasteiger partial charge in [0, 0.05) is 0 Å². The zero-order valence-electron chi connectivity index (χ0n) is 11.7. The van der Waals surface area contributed by atoms with Crippen LogP contribution in [-0.2, 0) is 4.79 Å². The molecule has 7 nitrogen and oxygen atoms in total. The number of nitrogens with one attached hydrogen (secondary N) is 2. The number of benzene rings is 1. The molecule has 0 radical (unpaired) electrons. The molecule has 1 heterocycles. The van der Waals surface area contributed by atoms with Crippen LogP contribution in [0.25, 0.3) is 0 Å². The fraction of sp³-hybridized carbons (Fsp3) is 0.385. The first kappa shape index (κ1) is 14.0. The van der Waals surface area contributed by atoms with E-state index in [9.17, 15) is 4.79 Å². The Kier molecular flexibility index (Phi) is 4.29. The number of ether oxygens (including phenoxy) is 1. The van der Waals surface area contributed by atoms with Crippen molar-refractivity contribution in [1.29, 1.82) is 0 Å². The molecule has 0 saturated carbocycles. The van der Waals surface area contributed by atoms with E-state index < -0.39 is 0 Å². The molecule has 1 unspecified atom stereocenters. The Labute approximate surface area is 116 Å². The maximum Gasteiger partial charge on any atom is 0.258 e. The fourth-order valence-electron chi connectivity index (χ4n) is 1.72. The van der Waals surface area contributed by atoms with Crippen LogP contribution in [0.2, 0.25) is 0 Å². The summed E-state index contributed by atoms with van der Waals surface area (Å²) in [5.74, 6) is 0.917. The van der Waals surface area contributed by atoms with Crippen LogP contribution >= 0.6 is 0 Å². The summed E-state index contributed by atoms with van der Waals surface area (Å²) < 4.78 is 5.52. The van der Waals surface area contributed by atoms with Crippen molar-refractivity contribution in [3.63, 3.8) is 0 Å². The monoisotopic (exact) mass is 275 g/mol. The molecule has 0 fully saturated rings. The molecule has 7 heteroatoms. The smallest absolute Gasteiger partial charge is 0.258 e. The molecule has 20 heavy (non-hydrogen) atoms. The van der Waals surface area contributed by atoms with Gasteiger partial charge < -0.3 is 10.1 Å². The van der Waals surface area contributed by atoms with E-state index in [1.807, 2.05) is 32.0 Å². The van der Waals surface area contributed by atoms with E-state index in [-0.39, 0.29) is 18.6 Å². The highest BCUT2D eigenvalue weighted by atomic mass is 16.5. The zero-order valence-corrected chi connectivity index (χ0v) is 11.7. The van der Waals surface area contributed by atoms with Crippen LogP contribution in [0.15, 0.2) is 18.2 Å². The van der Waals surface area contributed by atoms with E-state index in [1.165, 1.54) is 0 Å². The van der Waals surface area contributed by atoms with E-state index in [0.717, 1.165) is 11.1 Å². The Balaban J connectivity index is 1.88. The highest BCUT2D eigenvalue weighted by Gasteiger charge is 2.14. The molecule has 1 amide bonds. The summed E-state index contributed by atoms with van der Waals surface area (Å²) in [4.78, 5) is 11.8. The molecule has 2 rings (SSSR count). The molecule has 1 aromatic heterocycles. The predicted molar refractivity (Wildman–Crippen MR) is 72.1 cm³/mol. The van der Waals surface area contributed by atoms with Gasteiger partial charge in [-0.15, -0.1) is 10.2 Å². The van der Waals surface area contributed by atoms with E-state index in [0.29, 0.717) is 11.6 Å². The summed E-state index contributed by atoms with van der Waals surface area (Å²) in [6, 6.07) is 5.43. The van der Waals surface area contributed by atoms with Gasteiger partial charge in [-0.3, -0.25) is 4.79 Å². The number of carbonyl (C=O) groups excluding carboxylic acids is 1. The number of carbonyl (C=O) groups is 1. The number of aryl methyl sites for hydroxylation is 1.